The summed E-state index contributed by atoms with van der Waals surface area (Å²) in [5.74, 6) is -2.04. The highest BCUT2D eigenvalue weighted by Crippen LogP contribution is 2.48. The molecule has 1 aliphatic heterocycles. The molecule has 1 aliphatic rings. The highest BCUT2D eigenvalue weighted by atomic mass is 31.2. The molecule has 2 unspecified atom stereocenters. The molecule has 0 amide bonds. The first-order chi connectivity index (χ1) is 18.2. The predicted octanol–water partition coefficient (Wildman–Crippen LogP) is 1.12. The number of aliphatic hydroxyl groups excluding tert-OH is 1. The highest BCUT2D eigenvalue weighted by Gasteiger charge is 2.58. The van der Waals surface area contributed by atoms with Gasteiger partial charge in [-0.25, -0.2) is 13.8 Å². The number of halogens is 2. The van der Waals surface area contributed by atoms with Crippen LogP contribution in [0.3, 0.4) is 0 Å². The van der Waals surface area contributed by atoms with Crippen LogP contribution in [0, 0.1) is 5.82 Å². The van der Waals surface area contributed by atoms with Crippen molar-refractivity contribution in [2.75, 3.05) is 6.67 Å². The van der Waals surface area contributed by atoms with E-state index >= 15 is 0 Å². The first-order valence-corrected chi connectivity index (χ1v) is 13.5. The van der Waals surface area contributed by atoms with Crippen molar-refractivity contribution in [2.45, 2.75) is 69.9 Å². The van der Waals surface area contributed by atoms with Gasteiger partial charge in [0.05, 0.1) is 18.4 Å². The number of nitrogens with zero attached hydrogens (tertiary/aromatic N) is 1. The number of carbonyl (C=O) groups excluding carboxylic acids is 1. The Bertz CT molecular complexity index is 1320. The summed E-state index contributed by atoms with van der Waals surface area (Å²) in [5, 5.41) is 13.4. The van der Waals surface area contributed by atoms with Crippen LogP contribution >= 0.6 is 7.75 Å². The molecule has 1 fully saturated rings. The summed E-state index contributed by atoms with van der Waals surface area (Å²) in [7, 11) is -4.45. The Morgan fingerprint density at radius 1 is 1.28 bits per heavy atom. The van der Waals surface area contributed by atoms with Crippen LogP contribution in [0.5, 0.6) is 5.75 Å². The van der Waals surface area contributed by atoms with Gasteiger partial charge in [-0.05, 0) is 39.8 Å². The number of aromatic amines is 1. The van der Waals surface area contributed by atoms with Crippen molar-refractivity contribution in [3.8, 4) is 5.75 Å². The van der Waals surface area contributed by atoms with Gasteiger partial charge in [0.1, 0.15) is 36.2 Å². The summed E-state index contributed by atoms with van der Waals surface area (Å²) in [6.07, 6.45) is -6.58. The minimum atomic E-state index is -4.45. The number of carbonyl (C=O) groups is 1. The number of benzene rings is 1. The number of H-pyrrole nitrogens is 1. The molecule has 13 nitrogen and oxygen atoms in total. The molecule has 2 heterocycles. The zero-order valence-corrected chi connectivity index (χ0v) is 22.5. The second kappa shape index (κ2) is 12.1. The summed E-state index contributed by atoms with van der Waals surface area (Å²) in [4.78, 5) is 37.8. The Morgan fingerprint density at radius 3 is 2.51 bits per heavy atom. The van der Waals surface area contributed by atoms with Gasteiger partial charge in [-0.15, -0.1) is 0 Å². The van der Waals surface area contributed by atoms with E-state index in [0.29, 0.717) is 10.8 Å². The van der Waals surface area contributed by atoms with Gasteiger partial charge in [0.15, 0.2) is 6.23 Å². The van der Waals surface area contributed by atoms with E-state index in [1.54, 1.807) is 37.0 Å². The second-order valence-corrected chi connectivity index (χ2v) is 11.0. The van der Waals surface area contributed by atoms with Gasteiger partial charge in [-0.2, -0.15) is 9.48 Å². The normalized spacial score (nSPS) is 26.1. The number of aliphatic hydroxyl groups is 1. The van der Waals surface area contributed by atoms with Crippen LogP contribution in [-0.4, -0.2) is 63.3 Å². The number of esters is 1. The molecule has 0 radical (unpaired) electrons. The quantitative estimate of drug-likeness (QED) is 0.222. The monoisotopic (exact) mass is 576 g/mol. The van der Waals surface area contributed by atoms with Crippen LogP contribution in [0.4, 0.5) is 8.78 Å². The summed E-state index contributed by atoms with van der Waals surface area (Å²) in [5.41, 5.74) is 1.27. The van der Waals surface area contributed by atoms with E-state index in [1.807, 2.05) is 0 Å². The molecule has 1 saturated heterocycles. The maximum Gasteiger partial charge on any atom is 0.459 e. The number of alkyl halides is 1. The fourth-order valence-electron chi connectivity index (χ4n) is 3.88. The zero-order valence-electron chi connectivity index (χ0n) is 21.6. The average Bonchev–Trinajstić information content (AvgIpc) is 3.12. The van der Waals surface area contributed by atoms with Crippen LogP contribution in [0.2, 0.25) is 0 Å². The molecule has 0 bridgehead atoms. The molecule has 2 aromatic rings. The fourth-order valence-corrected chi connectivity index (χ4v) is 5.57. The minimum Gasteiger partial charge on any atom is -0.462 e. The van der Waals surface area contributed by atoms with Crippen molar-refractivity contribution in [2.24, 2.45) is 5.73 Å². The first-order valence-electron chi connectivity index (χ1n) is 11.9. The van der Waals surface area contributed by atoms with Gasteiger partial charge in [-0.1, -0.05) is 18.2 Å². The van der Waals surface area contributed by atoms with Gasteiger partial charge < -0.3 is 24.8 Å². The number of aromatic nitrogens is 2. The van der Waals surface area contributed by atoms with Gasteiger partial charge in [-0.3, -0.25) is 23.7 Å². The maximum absolute atomic E-state index is 14.2. The van der Waals surface area contributed by atoms with Crippen LogP contribution in [0.25, 0.3) is 0 Å². The Labute approximate surface area is 221 Å². The molecule has 1 aromatic carbocycles. The first kappa shape index (κ1) is 30.6. The summed E-state index contributed by atoms with van der Waals surface area (Å²) in [6.45, 7) is 4.47. The fraction of sp³-hybridized carbons (Fsp3) is 0.522. The SMILES string of the molecule is CC(C)OC(=O)[C@H](C)NP(=O)(Oc1ccccc1)O[C@H](C)[C@H]1O[C@@H](n2cc(F)c(=O)[nH]c2=O)[C@@](N)(CF)C1O. The van der Waals surface area contributed by atoms with Gasteiger partial charge in [0.25, 0.3) is 5.56 Å². The van der Waals surface area contributed by atoms with Gasteiger partial charge in [0.2, 0.25) is 5.82 Å². The zero-order chi connectivity index (χ0) is 29.1. The van der Waals surface area contributed by atoms with Crippen LogP contribution in [-0.2, 0) is 23.4 Å². The van der Waals surface area contributed by atoms with E-state index in [1.165, 1.54) is 26.0 Å². The van der Waals surface area contributed by atoms with Gasteiger partial charge >= 0.3 is 19.4 Å². The van der Waals surface area contributed by atoms with Gasteiger partial charge in [0, 0.05) is 0 Å². The van der Waals surface area contributed by atoms with E-state index in [-0.39, 0.29) is 5.75 Å². The third-order valence-corrected chi connectivity index (χ3v) is 7.57. The van der Waals surface area contributed by atoms with Crippen molar-refractivity contribution < 1.29 is 41.8 Å². The molecular weight excluding hydrogens is 545 g/mol. The average molecular weight is 576 g/mol. The summed E-state index contributed by atoms with van der Waals surface area (Å²) < 4.78 is 64.4. The third-order valence-electron chi connectivity index (χ3n) is 5.81. The highest BCUT2D eigenvalue weighted by molar-refractivity contribution is 7.52. The number of rotatable bonds is 11. The Kier molecular flexibility index (Phi) is 9.47. The molecule has 7 atom stereocenters. The van der Waals surface area contributed by atoms with Crippen LogP contribution < -0.4 is 26.6 Å². The van der Waals surface area contributed by atoms with E-state index < -0.39 is 79.7 Å². The maximum atomic E-state index is 14.2. The molecule has 0 aliphatic carbocycles. The lowest BCUT2D eigenvalue weighted by Gasteiger charge is -2.31. The lowest BCUT2D eigenvalue weighted by atomic mass is 9.91. The third kappa shape index (κ3) is 6.80. The van der Waals surface area contributed by atoms with Crippen molar-refractivity contribution >= 4 is 13.7 Å². The number of para-hydroxylation sites is 1. The molecule has 0 saturated carbocycles. The van der Waals surface area contributed by atoms with E-state index in [2.05, 4.69) is 5.09 Å². The Morgan fingerprint density at radius 2 is 1.92 bits per heavy atom. The van der Waals surface area contributed by atoms with E-state index in [4.69, 9.17) is 24.3 Å². The number of nitrogens with two attached hydrogens (primary N) is 1. The molecular formula is C23H31F2N4O9P. The largest absolute Gasteiger partial charge is 0.462 e. The molecule has 3 rings (SSSR count). The van der Waals surface area contributed by atoms with Crippen molar-refractivity contribution in [1.82, 2.24) is 14.6 Å². The van der Waals surface area contributed by atoms with E-state index in [9.17, 15) is 32.8 Å². The van der Waals surface area contributed by atoms with Crippen molar-refractivity contribution in [3.63, 3.8) is 0 Å². The minimum absolute atomic E-state index is 0.0999. The predicted molar refractivity (Wildman–Crippen MR) is 133 cm³/mol. The standard InChI is InChI=1S/C23H31F2N4O9P/c1-12(2)35-20(32)13(3)28-39(34,38-15-8-6-5-7-9-15)37-14(4)17-18(30)23(26,11-24)21(36-17)29-10-16(25)19(31)27-22(29)33/h5-10,12-14,17-18,21,30H,11,26H2,1-4H3,(H,28,34)(H,27,31,33)/t13-,14+,17+,18?,21+,23+,39?/m0/s1. The molecule has 16 heteroatoms. The van der Waals surface area contributed by atoms with Crippen molar-refractivity contribution in [3.05, 3.63) is 63.2 Å². The molecule has 5 N–H and O–H groups in total. The Hall–Kier alpha value is -2.94. The number of ether oxygens (including phenoxy) is 2. The van der Waals surface area contributed by atoms with Crippen molar-refractivity contribution in [1.29, 1.82) is 0 Å². The smallest absolute Gasteiger partial charge is 0.459 e. The topological polar surface area (TPSA) is 184 Å². The summed E-state index contributed by atoms with van der Waals surface area (Å²) >= 11 is 0. The molecule has 39 heavy (non-hydrogen) atoms. The number of hydrogen-bond acceptors (Lipinski definition) is 10. The lowest BCUT2D eigenvalue weighted by molar-refractivity contribution is -0.149. The molecule has 1 aromatic heterocycles. The Balaban J connectivity index is 1.91. The molecule has 216 valence electrons. The number of nitrogens with one attached hydrogen (secondary N) is 2. The van der Waals surface area contributed by atoms with E-state index in [0.717, 1.165) is 0 Å². The second-order valence-electron chi connectivity index (χ2n) is 9.34. The van der Waals surface area contributed by atoms with Crippen LogP contribution in [0.1, 0.15) is 33.9 Å². The lowest BCUT2D eigenvalue weighted by Crippen LogP contribution is -2.58. The van der Waals surface area contributed by atoms with Crippen LogP contribution in [0.15, 0.2) is 46.1 Å². The molecule has 0 spiro atoms. The summed E-state index contributed by atoms with van der Waals surface area (Å²) in [6, 6.07) is 6.64. The number of hydrogen-bond donors (Lipinski definition) is 4.